The molecule has 1 spiro atoms. The normalized spacial score (nSPS) is 17.3. The minimum Gasteiger partial charge on any atom is -0.407 e. The predicted octanol–water partition coefficient (Wildman–Crippen LogP) is 2.95. The van der Waals surface area contributed by atoms with Crippen LogP contribution in [0.4, 0.5) is 21.8 Å². The highest BCUT2D eigenvalue weighted by atomic mass is 32.2. The number of carbonyl (C=O) groups is 1. The highest BCUT2D eigenvalue weighted by Crippen LogP contribution is 2.45. The molecule has 1 saturated carbocycles. The molecule has 1 aromatic carbocycles. The molecular formula is C22H24FN7O4S. The molecule has 3 heterocycles. The van der Waals surface area contributed by atoms with Gasteiger partial charge in [0.05, 0.1) is 10.6 Å². The second-order valence-corrected chi connectivity index (χ2v) is 10.3. The number of hydrogen-bond acceptors (Lipinski definition) is 9. The van der Waals surface area contributed by atoms with Gasteiger partial charge in [-0.2, -0.15) is 4.98 Å². The summed E-state index contributed by atoms with van der Waals surface area (Å²) in [4.78, 5) is 20.5. The van der Waals surface area contributed by atoms with Gasteiger partial charge in [0.2, 0.25) is 21.9 Å². The Hall–Kier alpha value is -3.58. The van der Waals surface area contributed by atoms with Crippen LogP contribution >= 0.6 is 0 Å². The number of anilines is 3. The van der Waals surface area contributed by atoms with Crippen LogP contribution in [0.3, 0.4) is 0 Å². The lowest BCUT2D eigenvalue weighted by Crippen LogP contribution is -2.50. The Balaban J connectivity index is 1.60. The number of aromatic nitrogens is 3. The number of hydrazone groups is 1. The Labute approximate surface area is 200 Å². The Bertz CT molecular complexity index is 1480. The second kappa shape index (κ2) is 8.27. The zero-order valence-corrected chi connectivity index (χ0v) is 20.0. The summed E-state index contributed by atoms with van der Waals surface area (Å²) >= 11 is 0. The number of halogens is 1. The summed E-state index contributed by atoms with van der Waals surface area (Å²) in [6.07, 6.45) is 5.99. The van der Waals surface area contributed by atoms with Gasteiger partial charge in [-0.15, -0.1) is 5.10 Å². The molecule has 0 radical (unpaired) electrons. The molecule has 5 rings (SSSR count). The van der Waals surface area contributed by atoms with Gasteiger partial charge in [-0.1, -0.05) is 19.3 Å². The van der Waals surface area contributed by atoms with Gasteiger partial charge in [0.15, 0.2) is 0 Å². The Kier molecular flexibility index (Phi) is 5.48. The predicted molar refractivity (Wildman–Crippen MR) is 127 cm³/mol. The zero-order chi connectivity index (χ0) is 25.0. The number of esters is 1. The fourth-order valence-corrected chi connectivity index (χ4v) is 5.32. The number of hydrogen-bond donors (Lipinski definition) is 2. The largest absolute Gasteiger partial charge is 0.407 e. The van der Waals surface area contributed by atoms with E-state index >= 15 is 0 Å². The number of carbonyl (C=O) groups excluding carboxylic acids is 1. The lowest BCUT2D eigenvalue weighted by Gasteiger charge is -2.43. The van der Waals surface area contributed by atoms with E-state index in [0.29, 0.717) is 11.5 Å². The number of ether oxygens (including phenoxy) is 1. The van der Waals surface area contributed by atoms with Crippen molar-refractivity contribution in [3.05, 3.63) is 36.3 Å². The number of rotatable bonds is 3. The molecule has 2 aliphatic rings. The first-order valence-electron chi connectivity index (χ1n) is 11.1. The highest BCUT2D eigenvalue weighted by Gasteiger charge is 2.47. The van der Waals surface area contributed by atoms with Crippen molar-refractivity contribution in [2.45, 2.75) is 49.5 Å². The number of sulfonamides is 1. The number of nitrogens with one attached hydrogen (secondary N) is 1. The molecule has 0 atom stereocenters. The molecular weight excluding hydrogens is 477 g/mol. The maximum atomic E-state index is 14.6. The van der Waals surface area contributed by atoms with E-state index in [1.807, 2.05) is 10.6 Å². The number of nitrogens with zero attached hydrogens (tertiary/aromatic N) is 5. The lowest BCUT2D eigenvalue weighted by molar-refractivity contribution is -0.133. The first kappa shape index (κ1) is 23.2. The van der Waals surface area contributed by atoms with Crippen LogP contribution in [0.25, 0.3) is 11.0 Å². The third kappa shape index (κ3) is 4.00. The molecule has 3 aromatic rings. The number of benzene rings is 1. The van der Waals surface area contributed by atoms with E-state index in [4.69, 9.17) is 9.88 Å². The van der Waals surface area contributed by atoms with Gasteiger partial charge in [0.1, 0.15) is 22.8 Å². The van der Waals surface area contributed by atoms with Crippen LogP contribution in [0.1, 0.15) is 39.0 Å². The van der Waals surface area contributed by atoms with Gasteiger partial charge in [0, 0.05) is 25.6 Å². The highest BCUT2D eigenvalue weighted by molar-refractivity contribution is 7.89. The number of fused-ring (bicyclic) bond motifs is 4. The molecule has 1 fully saturated rings. The van der Waals surface area contributed by atoms with Crippen LogP contribution in [0.15, 0.2) is 40.5 Å². The molecule has 1 aliphatic carbocycles. The van der Waals surface area contributed by atoms with Crippen molar-refractivity contribution in [3.63, 3.8) is 0 Å². The standard InChI is InChI=1S/C22H24FN7O4S/c1-13(31)34-20-22(8-4-3-5-9-22)30-18(29(2)28-20)10-14-12-25-21(27-19(14)30)26-17-7-6-15(11-16(17)23)35(24,32)33/h6-7,10-12H,3-5,8-9H2,1-2H3,(H2,24,32,33)(H,25,26,27). The summed E-state index contributed by atoms with van der Waals surface area (Å²) in [5.74, 6) is -0.0451. The summed E-state index contributed by atoms with van der Waals surface area (Å²) in [5.41, 5.74) is -0.108. The Morgan fingerprint density at radius 3 is 2.63 bits per heavy atom. The van der Waals surface area contributed by atoms with Crippen molar-refractivity contribution >= 4 is 50.4 Å². The van der Waals surface area contributed by atoms with Crippen LogP contribution in [0.5, 0.6) is 0 Å². The minimum atomic E-state index is -4.04. The molecule has 0 amide bonds. The van der Waals surface area contributed by atoms with Gasteiger partial charge in [0.25, 0.3) is 0 Å². The van der Waals surface area contributed by atoms with Crippen LogP contribution in [-0.4, -0.2) is 41.9 Å². The van der Waals surface area contributed by atoms with Crippen molar-refractivity contribution in [1.82, 2.24) is 14.5 Å². The second-order valence-electron chi connectivity index (χ2n) is 8.74. The molecule has 1 aliphatic heterocycles. The van der Waals surface area contributed by atoms with Gasteiger partial charge >= 0.3 is 5.97 Å². The summed E-state index contributed by atoms with van der Waals surface area (Å²) in [6, 6.07) is 5.21. The van der Waals surface area contributed by atoms with Gasteiger partial charge in [-0.05, 0) is 37.1 Å². The Morgan fingerprint density at radius 1 is 1.23 bits per heavy atom. The smallest absolute Gasteiger partial charge is 0.309 e. The molecule has 0 bridgehead atoms. The molecule has 11 nitrogen and oxygen atoms in total. The molecule has 0 unspecified atom stereocenters. The van der Waals surface area contributed by atoms with Gasteiger partial charge < -0.3 is 10.1 Å². The third-order valence-corrected chi connectivity index (χ3v) is 7.27. The van der Waals surface area contributed by atoms with Crippen molar-refractivity contribution < 1.29 is 22.3 Å². The van der Waals surface area contributed by atoms with Crippen molar-refractivity contribution in [2.24, 2.45) is 10.2 Å². The maximum absolute atomic E-state index is 14.6. The molecule has 13 heteroatoms. The lowest BCUT2D eigenvalue weighted by atomic mass is 9.80. The van der Waals surface area contributed by atoms with Crippen LogP contribution in [0.2, 0.25) is 0 Å². The molecule has 0 saturated heterocycles. The van der Waals surface area contributed by atoms with E-state index in [9.17, 15) is 17.6 Å². The maximum Gasteiger partial charge on any atom is 0.309 e. The third-order valence-electron chi connectivity index (χ3n) is 6.36. The fraction of sp³-hybridized carbons (Fsp3) is 0.364. The molecule has 2 aromatic heterocycles. The van der Waals surface area contributed by atoms with Crippen LogP contribution in [0, 0.1) is 5.82 Å². The average Bonchev–Trinajstić information content (AvgIpc) is 3.19. The monoisotopic (exact) mass is 501 g/mol. The van der Waals surface area contributed by atoms with E-state index in [0.717, 1.165) is 49.4 Å². The van der Waals surface area contributed by atoms with Crippen molar-refractivity contribution in [1.29, 1.82) is 0 Å². The number of primary sulfonamides is 1. The van der Waals surface area contributed by atoms with Crippen LogP contribution < -0.4 is 15.5 Å². The van der Waals surface area contributed by atoms with Gasteiger partial charge in [-0.25, -0.2) is 27.9 Å². The Morgan fingerprint density at radius 2 is 1.97 bits per heavy atom. The summed E-state index contributed by atoms with van der Waals surface area (Å²) in [6.45, 7) is 1.35. The molecule has 3 N–H and O–H groups in total. The van der Waals surface area contributed by atoms with Crippen molar-refractivity contribution in [2.75, 3.05) is 17.4 Å². The first-order valence-corrected chi connectivity index (χ1v) is 12.6. The van der Waals surface area contributed by atoms with Crippen molar-refractivity contribution in [3.8, 4) is 0 Å². The summed E-state index contributed by atoms with van der Waals surface area (Å²) in [5, 5.41) is 14.8. The van der Waals surface area contributed by atoms with Gasteiger partial charge in [-0.3, -0.25) is 9.36 Å². The topological polar surface area (TPSA) is 145 Å². The summed E-state index contributed by atoms with van der Waals surface area (Å²) in [7, 11) is -2.27. The molecule has 184 valence electrons. The first-order chi connectivity index (χ1) is 16.6. The van der Waals surface area contributed by atoms with Crippen LogP contribution in [-0.2, 0) is 25.1 Å². The average molecular weight is 502 g/mol. The SMILES string of the molecule is CC(=O)OC1=NN(C)c2cc3cnc(Nc4ccc(S(N)(=O)=O)cc4F)nc3n2C12CCCCC2. The van der Waals surface area contributed by atoms with E-state index < -0.39 is 27.3 Å². The van der Waals surface area contributed by atoms with E-state index in [2.05, 4.69) is 20.4 Å². The molecule has 35 heavy (non-hydrogen) atoms. The zero-order valence-electron chi connectivity index (χ0n) is 19.2. The fourth-order valence-electron chi connectivity index (χ4n) is 4.79. The number of nitrogens with two attached hydrogens (primary N) is 1. The van der Waals surface area contributed by atoms with E-state index in [1.54, 1.807) is 18.3 Å². The van der Waals surface area contributed by atoms with E-state index in [-0.39, 0.29) is 16.5 Å². The van der Waals surface area contributed by atoms with E-state index in [1.165, 1.54) is 19.1 Å². The minimum absolute atomic E-state index is 0.00571. The summed E-state index contributed by atoms with van der Waals surface area (Å²) < 4.78 is 45.2. The quantitative estimate of drug-likeness (QED) is 0.521.